The first-order valence-corrected chi connectivity index (χ1v) is 10.1. The summed E-state index contributed by atoms with van der Waals surface area (Å²) in [5.41, 5.74) is 0. The van der Waals surface area contributed by atoms with E-state index in [1.54, 1.807) is 0 Å². The van der Waals surface area contributed by atoms with Gasteiger partial charge in [-0.15, -0.1) is 0 Å². The van der Waals surface area contributed by atoms with Gasteiger partial charge in [0.2, 0.25) is 0 Å². The van der Waals surface area contributed by atoms with E-state index in [0.717, 1.165) is 50.2 Å². The van der Waals surface area contributed by atoms with E-state index in [-0.39, 0.29) is 12.1 Å². The number of carbonyl (C=O) groups excluding carboxylic acids is 1. The van der Waals surface area contributed by atoms with Crippen molar-refractivity contribution in [1.82, 2.24) is 4.90 Å². The number of ether oxygens (including phenoxy) is 1. The Balaban J connectivity index is 0.000000465. The highest BCUT2D eigenvalue weighted by Gasteiger charge is 2.41. The SMILES string of the molecule is CC1CC[C@@H](C(C)C)[C@H](OC(=O)C[N+]23CCN(CC2)CC3)C1.F[B-](F)(F)F. The maximum absolute atomic E-state index is 12.6. The van der Waals surface area contributed by atoms with Gasteiger partial charge >= 0.3 is 13.2 Å². The fourth-order valence-electron chi connectivity index (χ4n) is 4.70. The van der Waals surface area contributed by atoms with Crippen molar-refractivity contribution in [1.29, 1.82) is 0 Å². The van der Waals surface area contributed by atoms with Crippen LogP contribution in [0.1, 0.15) is 40.0 Å². The molecule has 4 nitrogen and oxygen atoms in total. The van der Waals surface area contributed by atoms with Crippen molar-refractivity contribution >= 4 is 13.2 Å². The third kappa shape index (κ3) is 7.25. The van der Waals surface area contributed by atoms with Gasteiger partial charge in [-0.05, 0) is 30.6 Å². The third-order valence-corrected chi connectivity index (χ3v) is 6.38. The molecule has 3 aliphatic heterocycles. The summed E-state index contributed by atoms with van der Waals surface area (Å²) >= 11 is 0. The van der Waals surface area contributed by atoms with Crippen molar-refractivity contribution in [3.05, 3.63) is 0 Å². The number of carbonyl (C=O) groups is 1. The molecule has 4 fully saturated rings. The van der Waals surface area contributed by atoms with Crippen LogP contribution in [-0.4, -0.2) is 74.5 Å². The minimum Gasteiger partial charge on any atom is -0.458 e. The minimum absolute atomic E-state index is 0.0556. The molecule has 0 aromatic rings. The van der Waals surface area contributed by atoms with Crippen molar-refractivity contribution in [3.63, 3.8) is 0 Å². The Morgan fingerprint density at radius 3 is 2.11 bits per heavy atom. The lowest BCUT2D eigenvalue weighted by Crippen LogP contribution is -2.68. The second-order valence-electron chi connectivity index (χ2n) is 8.86. The van der Waals surface area contributed by atoms with E-state index in [1.807, 2.05) is 0 Å². The fourth-order valence-corrected chi connectivity index (χ4v) is 4.70. The standard InChI is InChI=1S/C18H33N2O2.BF4/c1-14(2)16-5-4-15(3)12-17(16)22-18(21)13-20-9-6-19(7-10-20)8-11-20;2-1(3,4)5/h14-17H,4-13H2,1-3H3;/q+1;-1/t15?,16-,17+;/m0./s1. The number of fused-ring (bicyclic) bond motifs is 3. The first-order valence-electron chi connectivity index (χ1n) is 10.1. The van der Waals surface area contributed by atoms with E-state index in [1.165, 1.54) is 12.8 Å². The lowest BCUT2D eigenvalue weighted by atomic mass is 9.75. The van der Waals surface area contributed by atoms with Gasteiger partial charge in [-0.3, -0.25) is 4.90 Å². The van der Waals surface area contributed by atoms with Crippen LogP contribution in [-0.2, 0) is 9.53 Å². The number of rotatable bonds is 4. The van der Waals surface area contributed by atoms with Crippen molar-refractivity contribution in [3.8, 4) is 0 Å². The summed E-state index contributed by atoms with van der Waals surface area (Å²) in [4.78, 5) is 15.1. The molecule has 0 N–H and O–H groups in total. The van der Waals surface area contributed by atoms with E-state index in [9.17, 15) is 22.1 Å². The topological polar surface area (TPSA) is 29.5 Å². The number of esters is 1. The Kier molecular flexibility index (Phi) is 7.58. The minimum atomic E-state index is -6.00. The van der Waals surface area contributed by atoms with Crippen LogP contribution in [0, 0.1) is 17.8 Å². The van der Waals surface area contributed by atoms with Crippen molar-refractivity contribution in [2.75, 3.05) is 45.8 Å². The predicted molar refractivity (Wildman–Crippen MR) is 97.6 cm³/mol. The highest BCUT2D eigenvalue weighted by Crippen LogP contribution is 2.35. The van der Waals surface area contributed by atoms with Crippen LogP contribution in [0.3, 0.4) is 0 Å². The van der Waals surface area contributed by atoms with Crippen LogP contribution in [0.4, 0.5) is 17.3 Å². The summed E-state index contributed by atoms with van der Waals surface area (Å²) in [7, 11) is -6.00. The molecule has 4 rings (SSSR count). The summed E-state index contributed by atoms with van der Waals surface area (Å²) in [6.45, 7) is 14.3. The summed E-state index contributed by atoms with van der Waals surface area (Å²) in [6, 6.07) is 0. The van der Waals surface area contributed by atoms with Gasteiger partial charge in [0.15, 0.2) is 6.54 Å². The van der Waals surface area contributed by atoms with Gasteiger partial charge in [0.05, 0.1) is 19.6 Å². The molecule has 0 aromatic carbocycles. The van der Waals surface area contributed by atoms with Gasteiger partial charge in [0.25, 0.3) is 0 Å². The quantitative estimate of drug-likeness (QED) is 0.316. The summed E-state index contributed by atoms with van der Waals surface area (Å²) in [5.74, 6) is 1.91. The molecule has 158 valence electrons. The van der Waals surface area contributed by atoms with E-state index in [0.29, 0.717) is 24.3 Å². The smallest absolute Gasteiger partial charge is 0.458 e. The first-order chi connectivity index (χ1) is 12.5. The average Bonchev–Trinajstić information content (AvgIpc) is 2.54. The normalized spacial score (nSPS) is 36.1. The van der Waals surface area contributed by atoms with Gasteiger partial charge in [-0.1, -0.05) is 27.2 Å². The summed E-state index contributed by atoms with van der Waals surface area (Å²) in [6.07, 6.45) is 3.71. The van der Waals surface area contributed by atoms with Gasteiger partial charge in [0.1, 0.15) is 6.10 Å². The molecule has 27 heavy (non-hydrogen) atoms. The number of nitrogens with zero attached hydrogens (tertiary/aromatic N) is 2. The first kappa shape index (κ1) is 22.5. The fraction of sp³-hybridized carbons (Fsp3) is 0.944. The predicted octanol–water partition coefficient (Wildman–Crippen LogP) is 3.44. The molecule has 1 saturated carbocycles. The van der Waals surface area contributed by atoms with Gasteiger partial charge in [0, 0.05) is 19.6 Å². The highest BCUT2D eigenvalue weighted by molar-refractivity contribution is 6.50. The second kappa shape index (κ2) is 9.12. The zero-order chi connectivity index (χ0) is 20.2. The second-order valence-corrected chi connectivity index (χ2v) is 8.86. The van der Waals surface area contributed by atoms with Crippen LogP contribution < -0.4 is 0 Å². The number of quaternary nitrogens is 1. The Hall–Kier alpha value is -0.825. The van der Waals surface area contributed by atoms with Crippen LogP contribution in [0.15, 0.2) is 0 Å². The molecule has 2 bridgehead atoms. The molecule has 3 heterocycles. The third-order valence-electron chi connectivity index (χ3n) is 6.38. The Morgan fingerprint density at radius 1 is 1.11 bits per heavy atom. The number of piperazine rings is 3. The zero-order valence-corrected chi connectivity index (χ0v) is 16.7. The highest BCUT2D eigenvalue weighted by atomic mass is 19.5. The van der Waals surface area contributed by atoms with Crippen LogP contribution in [0.2, 0.25) is 0 Å². The lowest BCUT2D eigenvalue weighted by Gasteiger charge is -2.50. The monoisotopic (exact) mass is 396 g/mol. The van der Waals surface area contributed by atoms with Gasteiger partial charge in [-0.25, -0.2) is 4.79 Å². The Bertz CT molecular complexity index is 476. The molecular formula is C18H33BF4N2O2. The van der Waals surface area contributed by atoms with Crippen molar-refractivity contribution in [2.24, 2.45) is 17.8 Å². The molecular weight excluding hydrogens is 363 g/mol. The van der Waals surface area contributed by atoms with E-state index in [4.69, 9.17) is 4.74 Å². The van der Waals surface area contributed by atoms with Crippen LogP contribution >= 0.6 is 0 Å². The number of hydrogen-bond donors (Lipinski definition) is 0. The molecule has 0 radical (unpaired) electrons. The molecule has 9 heteroatoms. The van der Waals surface area contributed by atoms with E-state index >= 15 is 0 Å². The molecule has 4 aliphatic rings. The molecule has 3 atom stereocenters. The molecule has 0 aromatic heterocycles. The number of hydrogen-bond acceptors (Lipinski definition) is 3. The summed E-state index contributed by atoms with van der Waals surface area (Å²) in [5, 5.41) is 0. The van der Waals surface area contributed by atoms with Crippen molar-refractivity contribution < 1.29 is 31.3 Å². The molecule has 0 amide bonds. The van der Waals surface area contributed by atoms with Crippen molar-refractivity contribution in [2.45, 2.75) is 46.1 Å². The van der Waals surface area contributed by atoms with E-state index < -0.39 is 7.25 Å². The largest absolute Gasteiger partial charge is 0.673 e. The Labute approximate surface area is 159 Å². The molecule has 1 aliphatic carbocycles. The van der Waals surface area contributed by atoms with E-state index in [2.05, 4.69) is 25.7 Å². The maximum atomic E-state index is 12.6. The number of halogens is 4. The van der Waals surface area contributed by atoms with Crippen LogP contribution in [0.5, 0.6) is 0 Å². The molecule has 1 unspecified atom stereocenters. The lowest BCUT2D eigenvalue weighted by molar-refractivity contribution is -0.934. The van der Waals surface area contributed by atoms with Crippen LogP contribution in [0.25, 0.3) is 0 Å². The van der Waals surface area contributed by atoms with Gasteiger partial charge in [-0.2, -0.15) is 0 Å². The molecule has 0 spiro atoms. The average molecular weight is 396 g/mol. The Morgan fingerprint density at radius 2 is 1.63 bits per heavy atom. The zero-order valence-electron chi connectivity index (χ0n) is 16.7. The summed E-state index contributed by atoms with van der Waals surface area (Å²) < 4.78 is 46.0. The van der Waals surface area contributed by atoms with Gasteiger partial charge < -0.3 is 26.5 Å². The maximum Gasteiger partial charge on any atom is 0.673 e. The molecule has 3 saturated heterocycles.